The molecule has 1 aromatic carbocycles. The van der Waals surface area contributed by atoms with Crippen molar-refractivity contribution in [3.63, 3.8) is 0 Å². The lowest BCUT2D eigenvalue weighted by molar-refractivity contribution is 0.0975. The van der Waals surface area contributed by atoms with E-state index in [1.54, 1.807) is 36.6 Å². The van der Waals surface area contributed by atoms with E-state index in [1.165, 1.54) is 18.4 Å². The zero-order valence-corrected chi connectivity index (χ0v) is 17.2. The van der Waals surface area contributed by atoms with Gasteiger partial charge in [0.05, 0.1) is 5.25 Å². The van der Waals surface area contributed by atoms with Crippen LogP contribution in [-0.4, -0.2) is 37.9 Å². The first-order chi connectivity index (χ1) is 13.3. The number of nitrogens with one attached hydrogen (secondary N) is 2. The van der Waals surface area contributed by atoms with Crippen LogP contribution in [0.1, 0.15) is 35.1 Å². The van der Waals surface area contributed by atoms with Crippen LogP contribution in [-0.2, 0) is 16.6 Å². The van der Waals surface area contributed by atoms with E-state index in [4.69, 9.17) is 5.73 Å². The van der Waals surface area contributed by atoms with Crippen molar-refractivity contribution < 1.29 is 13.6 Å². The number of rotatable bonds is 6. The Morgan fingerprint density at radius 1 is 1.43 bits per heavy atom. The lowest BCUT2D eigenvalue weighted by atomic mass is 9.94. The molecule has 1 heterocycles. The molecule has 1 aromatic heterocycles. The van der Waals surface area contributed by atoms with Crippen molar-refractivity contribution in [2.45, 2.75) is 30.6 Å². The van der Waals surface area contributed by atoms with Crippen LogP contribution in [0.15, 0.2) is 40.7 Å². The van der Waals surface area contributed by atoms with Gasteiger partial charge in [-0.1, -0.05) is 18.2 Å². The third-order valence-electron chi connectivity index (χ3n) is 4.67. The molecule has 0 aliphatic heterocycles. The van der Waals surface area contributed by atoms with Crippen molar-refractivity contribution in [2.24, 2.45) is 10.9 Å². The van der Waals surface area contributed by atoms with E-state index in [9.17, 15) is 13.6 Å². The second-order valence-corrected chi connectivity index (χ2v) is 8.75. The predicted octanol–water partition coefficient (Wildman–Crippen LogP) is 1.95. The van der Waals surface area contributed by atoms with Gasteiger partial charge in [0.1, 0.15) is 16.4 Å². The van der Waals surface area contributed by atoms with Crippen LogP contribution in [0, 0.1) is 5.92 Å². The highest BCUT2D eigenvalue weighted by Gasteiger charge is 2.50. The molecule has 1 aliphatic rings. The van der Waals surface area contributed by atoms with Crippen molar-refractivity contribution in [2.75, 3.05) is 12.8 Å². The number of thiazole rings is 1. The number of carbonyl (C=O) groups is 1. The van der Waals surface area contributed by atoms with Crippen LogP contribution in [0.3, 0.4) is 0 Å². The van der Waals surface area contributed by atoms with Crippen molar-refractivity contribution in [3.05, 3.63) is 46.3 Å². The summed E-state index contributed by atoms with van der Waals surface area (Å²) in [6, 6.07) is 8.75. The minimum atomic E-state index is -2.10. The lowest BCUT2D eigenvalue weighted by Gasteiger charge is -2.36. The number of benzene rings is 1. The topological polar surface area (TPSA) is 130 Å². The van der Waals surface area contributed by atoms with Gasteiger partial charge in [0.2, 0.25) is 0 Å². The molecule has 3 rings (SSSR count). The highest BCUT2D eigenvalue weighted by atomic mass is 32.2. The van der Waals surface area contributed by atoms with Crippen molar-refractivity contribution in [3.8, 4) is 0 Å². The number of nitrogens with zero attached hydrogens (tertiary/aromatic N) is 2. The Morgan fingerprint density at radius 2 is 2.11 bits per heavy atom. The number of guanidine groups is 1. The molecular weight excluding hydrogens is 398 g/mol. The van der Waals surface area contributed by atoms with Gasteiger partial charge in [-0.25, -0.2) is 9.19 Å². The maximum absolute atomic E-state index is 12.5. The van der Waals surface area contributed by atoms with Gasteiger partial charge in [-0.3, -0.25) is 15.1 Å². The first-order valence-electron chi connectivity index (χ1n) is 8.77. The van der Waals surface area contributed by atoms with E-state index >= 15 is 0 Å². The van der Waals surface area contributed by atoms with Crippen LogP contribution in [0.4, 0.5) is 5.82 Å². The molecule has 28 heavy (non-hydrogen) atoms. The van der Waals surface area contributed by atoms with Gasteiger partial charge in [-0.05, 0) is 37.8 Å². The summed E-state index contributed by atoms with van der Waals surface area (Å²) in [6.07, 6.45) is 1.73. The standard InChI is InChI=1S/C18H23N5O3S2/c1-18(16-21-13(19)10-27-16,14(28(25)26)11-8-9-11)23-17(20-2)22-15(24)12-6-4-3-5-7-12/h3-7,10-11,14H,8-9,19H2,1-2H3,(H,25,26)(H2,20,22,23,24). The van der Waals surface area contributed by atoms with Gasteiger partial charge >= 0.3 is 0 Å². The molecule has 1 aliphatic carbocycles. The molecule has 1 saturated carbocycles. The fourth-order valence-corrected chi connectivity index (χ4v) is 5.28. The summed E-state index contributed by atoms with van der Waals surface area (Å²) >= 11 is -0.800. The van der Waals surface area contributed by atoms with E-state index in [0.29, 0.717) is 16.4 Å². The molecule has 0 saturated heterocycles. The Balaban J connectivity index is 1.89. The second-order valence-electron chi connectivity index (χ2n) is 6.83. The van der Waals surface area contributed by atoms with Gasteiger partial charge in [0, 0.05) is 18.0 Å². The predicted molar refractivity (Wildman–Crippen MR) is 112 cm³/mol. The molecule has 3 unspecified atom stereocenters. The molecule has 1 fully saturated rings. The number of nitrogens with two attached hydrogens (primary N) is 1. The van der Waals surface area contributed by atoms with Crippen molar-refractivity contribution in [1.29, 1.82) is 0 Å². The Hall–Kier alpha value is -2.30. The average molecular weight is 422 g/mol. The summed E-state index contributed by atoms with van der Waals surface area (Å²) in [7, 11) is 1.53. The average Bonchev–Trinajstić information content (AvgIpc) is 3.39. The highest BCUT2D eigenvalue weighted by molar-refractivity contribution is 7.80. The molecule has 0 radical (unpaired) electrons. The van der Waals surface area contributed by atoms with Crippen LogP contribution in [0.5, 0.6) is 0 Å². The number of amides is 1. The van der Waals surface area contributed by atoms with Crippen LogP contribution < -0.4 is 16.4 Å². The maximum Gasteiger partial charge on any atom is 0.257 e. The summed E-state index contributed by atoms with van der Waals surface area (Å²) in [5.74, 6) is 0.287. The Labute approximate surface area is 170 Å². The molecule has 2 aromatic rings. The van der Waals surface area contributed by atoms with Crippen LogP contribution in [0.25, 0.3) is 0 Å². The highest BCUT2D eigenvalue weighted by Crippen LogP contribution is 2.44. The Bertz CT molecular complexity index is 898. The molecular formula is C18H23N5O3S2. The minimum Gasteiger partial charge on any atom is -0.383 e. The summed E-state index contributed by atoms with van der Waals surface area (Å²) in [5, 5.41) is 7.54. The third kappa shape index (κ3) is 4.40. The summed E-state index contributed by atoms with van der Waals surface area (Å²) < 4.78 is 22.2. The van der Waals surface area contributed by atoms with E-state index in [0.717, 1.165) is 12.8 Å². The maximum atomic E-state index is 12.5. The molecule has 3 atom stereocenters. The third-order valence-corrected chi connectivity index (χ3v) is 7.06. The number of nitrogen functional groups attached to an aromatic ring is 1. The smallest absolute Gasteiger partial charge is 0.257 e. The van der Waals surface area contributed by atoms with Gasteiger partial charge in [-0.15, -0.1) is 11.3 Å². The molecule has 150 valence electrons. The molecule has 5 N–H and O–H groups in total. The van der Waals surface area contributed by atoms with E-state index in [-0.39, 0.29) is 17.8 Å². The van der Waals surface area contributed by atoms with E-state index in [1.807, 2.05) is 6.07 Å². The van der Waals surface area contributed by atoms with Gasteiger partial charge in [-0.2, -0.15) is 0 Å². The van der Waals surface area contributed by atoms with Crippen molar-refractivity contribution >= 4 is 40.1 Å². The number of hydrogen-bond acceptors (Lipinski definition) is 6. The SMILES string of the molecule is CN=C(NC(=O)c1ccccc1)NC(C)(c1nc(N)cs1)C(C1CC1)S(=O)O. The fraction of sp³-hybridized carbons (Fsp3) is 0.389. The molecule has 1 amide bonds. The first kappa shape index (κ1) is 20.4. The number of aromatic nitrogens is 1. The molecule has 0 spiro atoms. The zero-order chi connectivity index (χ0) is 20.3. The van der Waals surface area contributed by atoms with Crippen LogP contribution in [0.2, 0.25) is 0 Å². The molecule has 0 bridgehead atoms. The number of aliphatic imine (C=N–C) groups is 1. The quantitative estimate of drug-likeness (QED) is 0.320. The van der Waals surface area contributed by atoms with Gasteiger partial charge < -0.3 is 15.6 Å². The summed E-state index contributed by atoms with van der Waals surface area (Å²) in [4.78, 5) is 21.0. The summed E-state index contributed by atoms with van der Waals surface area (Å²) in [6.45, 7) is 1.79. The Morgan fingerprint density at radius 3 is 2.61 bits per heavy atom. The van der Waals surface area contributed by atoms with E-state index in [2.05, 4.69) is 20.6 Å². The zero-order valence-electron chi connectivity index (χ0n) is 15.6. The minimum absolute atomic E-state index is 0.0800. The Kier molecular flexibility index (Phi) is 6.11. The monoisotopic (exact) mass is 421 g/mol. The first-order valence-corrected chi connectivity index (χ1v) is 10.8. The number of hydrogen-bond donors (Lipinski definition) is 4. The van der Waals surface area contributed by atoms with Crippen LogP contribution >= 0.6 is 11.3 Å². The van der Waals surface area contributed by atoms with Gasteiger partial charge in [0.15, 0.2) is 17.0 Å². The number of carbonyl (C=O) groups excluding carboxylic acids is 1. The second kappa shape index (κ2) is 8.38. The lowest BCUT2D eigenvalue weighted by Crippen LogP contribution is -2.58. The van der Waals surface area contributed by atoms with E-state index < -0.39 is 21.9 Å². The van der Waals surface area contributed by atoms with Crippen molar-refractivity contribution in [1.82, 2.24) is 15.6 Å². The van der Waals surface area contributed by atoms with Gasteiger partial charge in [0.25, 0.3) is 5.91 Å². The molecule has 8 nitrogen and oxygen atoms in total. The fourth-order valence-electron chi connectivity index (χ4n) is 3.17. The largest absolute Gasteiger partial charge is 0.383 e. The number of anilines is 1. The summed E-state index contributed by atoms with van der Waals surface area (Å²) in [5.41, 5.74) is 5.25. The normalized spacial score (nSPS) is 18.8. The molecule has 10 heteroatoms.